The number of amides is 2. The lowest BCUT2D eigenvalue weighted by Gasteiger charge is -2.23. The lowest BCUT2D eigenvalue weighted by Crippen LogP contribution is -2.34. The number of para-hydroxylation sites is 1. The van der Waals surface area contributed by atoms with Gasteiger partial charge in [0.2, 0.25) is 5.91 Å². The lowest BCUT2D eigenvalue weighted by atomic mass is 10.0. The fourth-order valence-electron chi connectivity index (χ4n) is 3.86. The third-order valence-electron chi connectivity index (χ3n) is 5.81. The number of carbonyl (C=O) groups excluding carboxylic acids is 2. The van der Waals surface area contributed by atoms with E-state index in [1.165, 1.54) is 17.8 Å². The number of benzene rings is 2. The Bertz CT molecular complexity index is 1250. The zero-order chi connectivity index (χ0) is 26.4. The van der Waals surface area contributed by atoms with Crippen LogP contribution in [-0.4, -0.2) is 32.3 Å². The van der Waals surface area contributed by atoms with Crippen LogP contribution in [0, 0.1) is 12.8 Å². The predicted octanol–water partition coefficient (Wildman–Crippen LogP) is 6.33. The molecule has 2 aromatic carbocycles. The number of nitrogens with zero attached hydrogens (tertiary/aromatic N) is 3. The number of hydrogen-bond acceptors (Lipinski definition) is 5. The number of thioether (sulfide) groups is 1. The van der Waals surface area contributed by atoms with Gasteiger partial charge in [-0.1, -0.05) is 73.9 Å². The lowest BCUT2D eigenvalue weighted by molar-refractivity contribution is -0.113. The standard InChI is InChI=1S/C26H31Cl2N5O2S/c1-6-17-10-8-9-16(5)23(17)29-21(34)14-36-26-32-31-24(33(26)7-2)22(15(3)4)30-25(35)19-12-11-18(27)13-20(19)28/h8-13,15,22H,6-7,14H2,1-5H3,(H,29,34)(H,30,35)/t22-/m0/s1. The molecule has 0 fully saturated rings. The van der Waals surface area contributed by atoms with Crippen LogP contribution in [0.25, 0.3) is 0 Å². The van der Waals surface area contributed by atoms with Crippen molar-refractivity contribution in [2.75, 3.05) is 11.1 Å². The van der Waals surface area contributed by atoms with Crippen LogP contribution in [0.5, 0.6) is 0 Å². The van der Waals surface area contributed by atoms with Gasteiger partial charge >= 0.3 is 0 Å². The monoisotopic (exact) mass is 547 g/mol. The fourth-order valence-corrected chi connectivity index (χ4v) is 5.17. The molecule has 3 aromatic rings. The van der Waals surface area contributed by atoms with Crippen molar-refractivity contribution < 1.29 is 9.59 Å². The highest BCUT2D eigenvalue weighted by molar-refractivity contribution is 7.99. The van der Waals surface area contributed by atoms with Crippen LogP contribution in [0.2, 0.25) is 10.0 Å². The van der Waals surface area contributed by atoms with Crippen LogP contribution < -0.4 is 10.6 Å². The Morgan fingerprint density at radius 1 is 1.11 bits per heavy atom. The van der Waals surface area contributed by atoms with Gasteiger partial charge in [0.05, 0.1) is 22.4 Å². The summed E-state index contributed by atoms with van der Waals surface area (Å²) in [4.78, 5) is 25.7. The summed E-state index contributed by atoms with van der Waals surface area (Å²) in [6, 6.07) is 10.4. The molecule has 36 heavy (non-hydrogen) atoms. The van der Waals surface area contributed by atoms with E-state index in [0.29, 0.717) is 28.1 Å². The smallest absolute Gasteiger partial charge is 0.253 e. The van der Waals surface area contributed by atoms with Crippen molar-refractivity contribution in [3.8, 4) is 0 Å². The molecular weight excluding hydrogens is 517 g/mol. The number of halogens is 2. The molecule has 1 heterocycles. The summed E-state index contributed by atoms with van der Waals surface area (Å²) in [5.74, 6) is 0.418. The molecule has 0 saturated carbocycles. The highest BCUT2D eigenvalue weighted by atomic mass is 35.5. The minimum absolute atomic E-state index is 0.0317. The van der Waals surface area contributed by atoms with Crippen molar-refractivity contribution in [3.05, 3.63) is 69.0 Å². The Kier molecular flexibility index (Phi) is 9.82. The van der Waals surface area contributed by atoms with E-state index in [9.17, 15) is 9.59 Å². The second kappa shape index (κ2) is 12.6. The summed E-state index contributed by atoms with van der Waals surface area (Å²) < 4.78 is 1.93. The summed E-state index contributed by atoms with van der Waals surface area (Å²) in [5, 5.41) is 16.2. The molecule has 1 aromatic heterocycles. The predicted molar refractivity (Wildman–Crippen MR) is 147 cm³/mol. The minimum Gasteiger partial charge on any atom is -0.342 e. The second-order valence-corrected chi connectivity index (χ2v) is 10.5. The summed E-state index contributed by atoms with van der Waals surface area (Å²) in [5.41, 5.74) is 3.33. The van der Waals surface area contributed by atoms with Crippen molar-refractivity contribution >= 4 is 52.5 Å². The van der Waals surface area contributed by atoms with E-state index in [4.69, 9.17) is 23.2 Å². The highest BCUT2D eigenvalue weighted by Gasteiger charge is 2.27. The summed E-state index contributed by atoms with van der Waals surface area (Å²) in [7, 11) is 0. The Morgan fingerprint density at radius 3 is 2.50 bits per heavy atom. The SMILES string of the molecule is CCc1cccc(C)c1NC(=O)CSc1nnc([C@@H](NC(=O)c2ccc(Cl)cc2Cl)C(C)C)n1CC. The molecule has 2 N–H and O–H groups in total. The number of anilines is 1. The maximum Gasteiger partial charge on any atom is 0.253 e. The number of rotatable bonds is 10. The molecule has 0 spiro atoms. The number of aromatic nitrogens is 3. The van der Waals surface area contributed by atoms with Crippen LogP contribution in [0.3, 0.4) is 0 Å². The Morgan fingerprint density at radius 2 is 1.86 bits per heavy atom. The van der Waals surface area contributed by atoms with Gasteiger partial charge < -0.3 is 15.2 Å². The van der Waals surface area contributed by atoms with Gasteiger partial charge in [-0.05, 0) is 55.5 Å². The van der Waals surface area contributed by atoms with Crippen LogP contribution in [0.15, 0.2) is 41.6 Å². The normalized spacial score (nSPS) is 12.0. The number of carbonyl (C=O) groups is 2. The average molecular weight is 549 g/mol. The van der Waals surface area contributed by atoms with Gasteiger partial charge in [0.1, 0.15) is 0 Å². The maximum absolute atomic E-state index is 13.0. The molecule has 3 rings (SSSR count). The first kappa shape index (κ1) is 28.0. The average Bonchev–Trinajstić information content (AvgIpc) is 3.24. The topological polar surface area (TPSA) is 88.9 Å². The zero-order valence-corrected chi connectivity index (χ0v) is 23.4. The molecule has 0 aliphatic heterocycles. The quantitative estimate of drug-likeness (QED) is 0.289. The number of nitrogens with one attached hydrogen (secondary N) is 2. The van der Waals surface area contributed by atoms with E-state index in [-0.39, 0.29) is 28.5 Å². The summed E-state index contributed by atoms with van der Waals surface area (Å²) in [6.45, 7) is 10.6. The zero-order valence-electron chi connectivity index (χ0n) is 21.1. The van der Waals surface area contributed by atoms with Crippen LogP contribution in [0.4, 0.5) is 5.69 Å². The molecule has 10 heteroatoms. The Labute approximate surface area is 226 Å². The molecule has 192 valence electrons. The summed E-state index contributed by atoms with van der Waals surface area (Å²) >= 11 is 13.5. The van der Waals surface area contributed by atoms with Crippen LogP contribution in [0.1, 0.15) is 61.0 Å². The van der Waals surface area contributed by atoms with E-state index in [1.807, 2.05) is 50.5 Å². The van der Waals surface area contributed by atoms with Crippen molar-refractivity contribution in [2.24, 2.45) is 5.92 Å². The Balaban J connectivity index is 1.75. The van der Waals surface area contributed by atoms with Crippen LogP contribution in [-0.2, 0) is 17.8 Å². The number of aryl methyl sites for hydroxylation is 2. The first-order chi connectivity index (χ1) is 17.2. The largest absolute Gasteiger partial charge is 0.342 e. The molecule has 0 bridgehead atoms. The highest BCUT2D eigenvalue weighted by Crippen LogP contribution is 2.28. The van der Waals surface area contributed by atoms with Gasteiger partial charge in [-0.2, -0.15) is 0 Å². The van der Waals surface area contributed by atoms with Crippen molar-refractivity contribution in [1.29, 1.82) is 0 Å². The molecule has 7 nitrogen and oxygen atoms in total. The van der Waals surface area contributed by atoms with Crippen molar-refractivity contribution in [1.82, 2.24) is 20.1 Å². The van der Waals surface area contributed by atoms with Gasteiger partial charge in [-0.3, -0.25) is 9.59 Å². The van der Waals surface area contributed by atoms with E-state index < -0.39 is 6.04 Å². The van der Waals surface area contributed by atoms with Crippen molar-refractivity contribution in [2.45, 2.75) is 58.8 Å². The van der Waals surface area contributed by atoms with E-state index >= 15 is 0 Å². The second-order valence-electron chi connectivity index (χ2n) is 8.70. The van der Waals surface area contributed by atoms with Gasteiger partial charge in [0, 0.05) is 17.3 Å². The third kappa shape index (κ3) is 6.60. The van der Waals surface area contributed by atoms with E-state index in [2.05, 4.69) is 27.8 Å². The fraction of sp³-hybridized carbons (Fsp3) is 0.385. The molecule has 1 atom stereocenters. The molecular formula is C26H31Cl2N5O2S. The summed E-state index contributed by atoms with van der Waals surface area (Å²) in [6.07, 6.45) is 0.835. The number of hydrogen-bond donors (Lipinski definition) is 2. The molecule has 0 unspecified atom stereocenters. The van der Waals surface area contributed by atoms with Gasteiger partial charge in [0.15, 0.2) is 11.0 Å². The molecule has 0 radical (unpaired) electrons. The van der Waals surface area contributed by atoms with Gasteiger partial charge in [-0.25, -0.2) is 0 Å². The molecule has 0 saturated heterocycles. The first-order valence-electron chi connectivity index (χ1n) is 11.9. The maximum atomic E-state index is 13.0. The first-order valence-corrected chi connectivity index (χ1v) is 13.6. The molecule has 0 aliphatic carbocycles. The van der Waals surface area contributed by atoms with E-state index in [0.717, 1.165) is 23.2 Å². The van der Waals surface area contributed by atoms with Crippen LogP contribution >= 0.6 is 35.0 Å². The molecule has 2 amide bonds. The van der Waals surface area contributed by atoms with Crippen molar-refractivity contribution in [3.63, 3.8) is 0 Å². The van der Waals surface area contributed by atoms with Gasteiger partial charge in [0.25, 0.3) is 5.91 Å². The molecule has 0 aliphatic rings. The van der Waals surface area contributed by atoms with E-state index in [1.54, 1.807) is 12.1 Å². The minimum atomic E-state index is -0.404. The third-order valence-corrected chi connectivity index (χ3v) is 7.32. The Hall–Kier alpha value is -2.55. The van der Waals surface area contributed by atoms with Gasteiger partial charge in [-0.15, -0.1) is 10.2 Å².